The zero-order valence-corrected chi connectivity index (χ0v) is 35.8. The number of fused-ring (bicyclic) bond motifs is 2. The Kier molecular flexibility index (Phi) is 17.7. The molecule has 11 nitrogen and oxygen atoms in total. The molecule has 3 aliphatic heterocycles. The zero-order valence-electron chi connectivity index (χ0n) is 35.8. The van der Waals surface area contributed by atoms with Crippen molar-refractivity contribution in [1.82, 2.24) is 0 Å². The number of aliphatic hydroxyl groups excluding tert-OH is 4. The Bertz CT molecular complexity index is 1390. The highest BCUT2D eigenvalue weighted by atomic mass is 16.7. The predicted octanol–water partition coefficient (Wildman–Crippen LogP) is 5.88. The smallest absolute Gasteiger partial charge is 0.330 e. The van der Waals surface area contributed by atoms with Crippen molar-refractivity contribution in [3.05, 3.63) is 36.5 Å². The van der Waals surface area contributed by atoms with Crippen molar-refractivity contribution in [2.24, 2.45) is 53.3 Å². The molecule has 56 heavy (non-hydrogen) atoms. The fourth-order valence-electron chi connectivity index (χ4n) is 9.01. The summed E-state index contributed by atoms with van der Waals surface area (Å²) < 4.78 is 20.0. The fourth-order valence-corrected chi connectivity index (χ4v) is 9.01. The van der Waals surface area contributed by atoms with E-state index in [4.69, 9.17) is 14.2 Å². The summed E-state index contributed by atoms with van der Waals surface area (Å²) in [6.45, 7) is 19.1. The number of allylic oxidation sites excluding steroid dienone is 4. The standard InChI is InChI=1S/C45H74O11/c1-12-34-17-15-13-14-16-27(4)42(51)44(11,53)43(52)32(9)40(50)31(8)39(49)30(7)38(48)26(3)18-21-37(47)54-41-29(6)35(20-19-34)55-45(33(41)10)23-22-25(2)36(56-45)24-28(5)46/h13-15,17-18,21,25-36,38,40-42,46,48,50-51,53H,12,16,19-20,22-24H2,1-11H3/b14-13+,17-15+,21-18+/t25-,26-,27+,28?,29+,30-,31-,32-,33-,34-,35-,36?,38+,40+,41+,42-,44+,45-/m1/s1. The molecule has 2 fully saturated rings. The van der Waals surface area contributed by atoms with E-state index in [2.05, 4.69) is 19.9 Å². The van der Waals surface area contributed by atoms with Crippen molar-refractivity contribution in [3.8, 4) is 0 Å². The van der Waals surface area contributed by atoms with Crippen LogP contribution in [0.15, 0.2) is 36.5 Å². The van der Waals surface area contributed by atoms with Gasteiger partial charge in [-0.15, -0.1) is 0 Å². The highest BCUT2D eigenvalue weighted by Gasteiger charge is 2.56. The molecule has 5 N–H and O–H groups in total. The average molecular weight is 791 g/mol. The molecule has 0 aromatic rings. The quantitative estimate of drug-likeness (QED) is 0.216. The summed E-state index contributed by atoms with van der Waals surface area (Å²) in [6.07, 6.45) is 9.62. The first kappa shape index (κ1) is 48.1. The normalized spacial score (nSPS) is 46.8. The molecule has 0 saturated carbocycles. The van der Waals surface area contributed by atoms with Gasteiger partial charge < -0.3 is 39.7 Å². The van der Waals surface area contributed by atoms with Gasteiger partial charge in [-0.3, -0.25) is 9.59 Å². The second kappa shape index (κ2) is 20.6. The van der Waals surface area contributed by atoms with E-state index in [0.29, 0.717) is 25.7 Å². The number of Topliss-reactive ketones (excluding diaryl/α,β-unsaturated/α-hetero) is 2. The van der Waals surface area contributed by atoms with Crippen molar-refractivity contribution in [1.29, 1.82) is 0 Å². The molecule has 0 aliphatic carbocycles. The lowest BCUT2D eigenvalue weighted by Gasteiger charge is -2.55. The van der Waals surface area contributed by atoms with E-state index in [1.165, 1.54) is 39.8 Å². The third-order valence-corrected chi connectivity index (χ3v) is 13.4. The molecule has 18 atom stereocenters. The van der Waals surface area contributed by atoms with E-state index >= 15 is 0 Å². The maximum Gasteiger partial charge on any atom is 0.330 e. The predicted molar refractivity (Wildman–Crippen MR) is 215 cm³/mol. The lowest BCUT2D eigenvalue weighted by Crippen LogP contribution is -2.62. The summed E-state index contributed by atoms with van der Waals surface area (Å²) >= 11 is 0. The van der Waals surface area contributed by atoms with Crippen LogP contribution >= 0.6 is 0 Å². The van der Waals surface area contributed by atoms with Gasteiger partial charge >= 0.3 is 5.97 Å². The molecular weight excluding hydrogens is 716 g/mol. The summed E-state index contributed by atoms with van der Waals surface area (Å²) in [5, 5.41) is 55.0. The fraction of sp³-hybridized carbons (Fsp3) is 0.800. The van der Waals surface area contributed by atoms with E-state index in [0.717, 1.165) is 19.3 Å². The number of hydrogen-bond acceptors (Lipinski definition) is 11. The van der Waals surface area contributed by atoms with Crippen LogP contribution in [0.3, 0.4) is 0 Å². The van der Waals surface area contributed by atoms with Gasteiger partial charge in [-0.1, -0.05) is 92.7 Å². The summed E-state index contributed by atoms with van der Waals surface area (Å²) in [4.78, 5) is 40.5. The van der Waals surface area contributed by atoms with Crippen molar-refractivity contribution in [2.45, 2.75) is 175 Å². The zero-order chi connectivity index (χ0) is 42.3. The number of ketones is 2. The molecule has 1 spiro atoms. The molecule has 2 bridgehead atoms. The van der Waals surface area contributed by atoms with E-state index in [1.54, 1.807) is 20.8 Å². The van der Waals surface area contributed by atoms with E-state index in [9.17, 15) is 39.9 Å². The maximum absolute atomic E-state index is 13.5. The molecule has 0 amide bonds. The number of hydrogen-bond donors (Lipinski definition) is 5. The SMILES string of the molecule is CC[C@@H]1/C=C/C=C/C[C@H](C)[C@@H](O)[C@](C)(O)C(=O)[C@H](C)[C@@H](O)[C@H](C)C(=O)[C@H](C)[C@@H](O)[C@H](C)/C=C/C(=O)O[C@H]2[C@@H](C)[C@@H](CC1)O[C@@]1(CC[C@@H](C)C(CC(C)O)O1)[C@@H]2C. The molecule has 0 aromatic heterocycles. The third-order valence-electron chi connectivity index (χ3n) is 13.4. The summed E-state index contributed by atoms with van der Waals surface area (Å²) in [7, 11) is 0. The molecule has 0 aromatic carbocycles. The maximum atomic E-state index is 13.5. The molecule has 3 aliphatic rings. The van der Waals surface area contributed by atoms with Crippen LogP contribution in [0.4, 0.5) is 0 Å². The number of carbonyl (C=O) groups excluding carboxylic acids is 3. The van der Waals surface area contributed by atoms with Crippen molar-refractivity contribution >= 4 is 17.5 Å². The molecule has 2 unspecified atom stereocenters. The Morgan fingerprint density at radius 3 is 2.11 bits per heavy atom. The van der Waals surface area contributed by atoms with Gasteiger partial charge in [0.15, 0.2) is 11.6 Å². The van der Waals surface area contributed by atoms with Gasteiger partial charge in [0.25, 0.3) is 0 Å². The van der Waals surface area contributed by atoms with Crippen LogP contribution in [0.25, 0.3) is 0 Å². The molecule has 3 rings (SSSR count). The second-order valence-corrected chi connectivity index (χ2v) is 18.0. The Morgan fingerprint density at radius 1 is 0.839 bits per heavy atom. The van der Waals surface area contributed by atoms with Crippen LogP contribution in [-0.4, -0.2) is 97.2 Å². The average Bonchev–Trinajstić information content (AvgIpc) is 3.16. The minimum Gasteiger partial charge on any atom is -0.458 e. The topological polar surface area (TPSA) is 180 Å². The molecule has 0 radical (unpaired) electrons. The van der Waals surface area contributed by atoms with Gasteiger partial charge in [-0.2, -0.15) is 0 Å². The van der Waals surface area contributed by atoms with Gasteiger partial charge in [-0.25, -0.2) is 4.79 Å². The van der Waals surface area contributed by atoms with Crippen LogP contribution in [0.1, 0.15) is 121 Å². The van der Waals surface area contributed by atoms with Gasteiger partial charge in [0.1, 0.15) is 17.5 Å². The van der Waals surface area contributed by atoms with E-state index in [-0.39, 0.29) is 35.9 Å². The minimum atomic E-state index is -2.18. The first-order chi connectivity index (χ1) is 26.1. The number of ether oxygens (including phenoxy) is 3. The lowest BCUT2D eigenvalue weighted by atomic mass is 9.74. The molecule has 320 valence electrons. The molecule has 11 heteroatoms. The Labute approximate surface area is 336 Å². The first-order valence-corrected chi connectivity index (χ1v) is 21.2. The van der Waals surface area contributed by atoms with Crippen LogP contribution in [0, 0.1) is 53.3 Å². The first-order valence-electron chi connectivity index (χ1n) is 21.2. The number of esters is 1. The summed E-state index contributed by atoms with van der Waals surface area (Å²) in [5.74, 6) is -7.28. The number of rotatable bonds is 3. The van der Waals surface area contributed by atoms with Gasteiger partial charge in [-0.05, 0) is 70.1 Å². The van der Waals surface area contributed by atoms with E-state index in [1.807, 2.05) is 32.1 Å². The molecule has 3 heterocycles. The minimum absolute atomic E-state index is 0.168. The third kappa shape index (κ3) is 11.5. The van der Waals surface area contributed by atoms with Crippen LogP contribution in [0.2, 0.25) is 0 Å². The van der Waals surface area contributed by atoms with Crippen molar-refractivity contribution in [3.63, 3.8) is 0 Å². The molecular formula is C45H74O11. The van der Waals surface area contributed by atoms with Crippen LogP contribution in [0.5, 0.6) is 0 Å². The summed E-state index contributed by atoms with van der Waals surface area (Å²) in [5.41, 5.74) is -2.18. The summed E-state index contributed by atoms with van der Waals surface area (Å²) in [6, 6.07) is 0. The number of carbonyl (C=O) groups is 3. The monoisotopic (exact) mass is 791 g/mol. The van der Waals surface area contributed by atoms with Crippen molar-refractivity contribution < 1.29 is 54.1 Å². The highest BCUT2D eigenvalue weighted by molar-refractivity contribution is 5.91. The Morgan fingerprint density at radius 2 is 1.48 bits per heavy atom. The molecule has 2 saturated heterocycles. The lowest BCUT2D eigenvalue weighted by molar-refractivity contribution is -0.371. The van der Waals surface area contributed by atoms with Gasteiger partial charge in [0.05, 0.1) is 36.6 Å². The highest BCUT2D eigenvalue weighted by Crippen LogP contribution is 2.49. The number of aliphatic hydroxyl groups is 5. The van der Waals surface area contributed by atoms with Crippen LogP contribution in [-0.2, 0) is 28.6 Å². The largest absolute Gasteiger partial charge is 0.458 e. The Balaban J connectivity index is 1.99. The van der Waals surface area contributed by atoms with E-state index < -0.39 is 89.0 Å². The Hall–Kier alpha value is -2.25. The van der Waals surface area contributed by atoms with Crippen molar-refractivity contribution in [2.75, 3.05) is 0 Å². The second-order valence-electron chi connectivity index (χ2n) is 18.0. The van der Waals surface area contributed by atoms with Crippen LogP contribution < -0.4 is 0 Å². The van der Waals surface area contributed by atoms with Gasteiger partial charge in [0, 0.05) is 48.0 Å². The van der Waals surface area contributed by atoms with Gasteiger partial charge in [0.2, 0.25) is 0 Å².